The van der Waals surface area contributed by atoms with Crippen LogP contribution in [0.1, 0.15) is 22.6 Å². The van der Waals surface area contributed by atoms with Crippen molar-refractivity contribution in [3.05, 3.63) is 46.2 Å². The second kappa shape index (κ2) is 5.34. The molecule has 104 valence electrons. The molecule has 1 unspecified atom stereocenters. The molecule has 3 rings (SSSR count). The maximum absolute atomic E-state index is 4.73. The number of rotatable bonds is 4. The normalized spacial score (nSPS) is 12.9. The van der Waals surface area contributed by atoms with E-state index in [-0.39, 0.29) is 6.04 Å². The van der Waals surface area contributed by atoms with Gasteiger partial charge in [-0.15, -0.1) is 11.3 Å². The number of nitrogens with zero attached hydrogens (tertiary/aromatic N) is 3. The first-order chi connectivity index (χ1) is 9.69. The molecule has 1 aromatic carbocycles. The first-order valence-electron chi connectivity index (χ1n) is 6.68. The van der Waals surface area contributed by atoms with Crippen LogP contribution < -0.4 is 5.32 Å². The number of thiazole rings is 1. The first-order valence-corrected chi connectivity index (χ1v) is 7.56. The minimum atomic E-state index is 0.204. The Kier molecular flexibility index (Phi) is 3.54. The molecule has 0 fully saturated rings. The maximum Gasteiger partial charge on any atom is 0.111 e. The summed E-state index contributed by atoms with van der Waals surface area (Å²) in [4.78, 5) is 9.31. The van der Waals surface area contributed by atoms with E-state index in [0.29, 0.717) is 0 Å². The summed E-state index contributed by atoms with van der Waals surface area (Å²) in [6, 6.07) is 8.44. The van der Waals surface area contributed by atoms with Crippen molar-refractivity contribution in [1.29, 1.82) is 0 Å². The van der Waals surface area contributed by atoms with Gasteiger partial charge in [0, 0.05) is 18.8 Å². The van der Waals surface area contributed by atoms with Gasteiger partial charge < -0.3 is 9.88 Å². The van der Waals surface area contributed by atoms with Crippen LogP contribution in [0, 0.1) is 6.92 Å². The zero-order valence-corrected chi connectivity index (χ0v) is 12.7. The van der Waals surface area contributed by atoms with Gasteiger partial charge in [0.1, 0.15) is 5.82 Å². The second-order valence-corrected chi connectivity index (χ2v) is 5.97. The van der Waals surface area contributed by atoms with Crippen LogP contribution >= 0.6 is 11.3 Å². The zero-order valence-electron chi connectivity index (χ0n) is 11.9. The van der Waals surface area contributed by atoms with Crippen LogP contribution in [0.15, 0.2) is 29.6 Å². The van der Waals surface area contributed by atoms with E-state index in [0.717, 1.165) is 28.5 Å². The molecule has 0 saturated carbocycles. The number of hydrogen-bond acceptors (Lipinski definition) is 4. The van der Waals surface area contributed by atoms with Crippen molar-refractivity contribution in [2.24, 2.45) is 7.05 Å². The number of hydrogen-bond donors (Lipinski definition) is 1. The number of benzene rings is 1. The van der Waals surface area contributed by atoms with Crippen molar-refractivity contribution in [2.45, 2.75) is 19.4 Å². The second-order valence-electron chi connectivity index (χ2n) is 4.91. The highest BCUT2D eigenvalue weighted by Gasteiger charge is 2.17. The number of para-hydroxylation sites is 2. The Morgan fingerprint density at radius 2 is 2.10 bits per heavy atom. The fraction of sp³-hybridized carbons (Fsp3) is 0.333. The molecular weight excluding hydrogens is 268 g/mol. The van der Waals surface area contributed by atoms with Gasteiger partial charge in [-0.25, -0.2) is 9.97 Å². The van der Waals surface area contributed by atoms with Gasteiger partial charge in [-0.3, -0.25) is 0 Å². The molecular formula is C15H18N4S. The fourth-order valence-electron chi connectivity index (χ4n) is 2.46. The standard InChI is InChI=1S/C15H18N4S/c1-10-17-13(9-20-10)12(16-2)8-15-18-11-6-4-5-7-14(11)19(15)3/h4-7,9,12,16H,8H2,1-3H3. The third-order valence-electron chi connectivity index (χ3n) is 3.61. The summed E-state index contributed by atoms with van der Waals surface area (Å²) in [5.41, 5.74) is 3.32. The summed E-state index contributed by atoms with van der Waals surface area (Å²) in [6.45, 7) is 2.04. The lowest BCUT2D eigenvalue weighted by Crippen LogP contribution is -2.20. The molecule has 1 atom stereocenters. The van der Waals surface area contributed by atoms with Gasteiger partial charge in [0.25, 0.3) is 0 Å². The number of fused-ring (bicyclic) bond motifs is 1. The van der Waals surface area contributed by atoms with Crippen LogP contribution in [-0.4, -0.2) is 21.6 Å². The SMILES string of the molecule is CNC(Cc1nc2ccccc2n1C)c1csc(C)n1. The third-order valence-corrected chi connectivity index (χ3v) is 4.40. The zero-order chi connectivity index (χ0) is 14.1. The molecule has 4 nitrogen and oxygen atoms in total. The quantitative estimate of drug-likeness (QED) is 0.802. The minimum Gasteiger partial charge on any atom is -0.331 e. The number of imidazole rings is 1. The first kappa shape index (κ1) is 13.3. The van der Waals surface area contributed by atoms with Crippen LogP contribution in [-0.2, 0) is 13.5 Å². The summed E-state index contributed by atoms with van der Waals surface area (Å²) in [5, 5.41) is 6.57. The van der Waals surface area contributed by atoms with E-state index in [9.17, 15) is 0 Å². The Bertz CT molecular complexity index is 728. The Balaban J connectivity index is 1.93. The molecule has 0 amide bonds. The highest BCUT2D eigenvalue weighted by molar-refractivity contribution is 7.09. The van der Waals surface area contributed by atoms with Crippen molar-refractivity contribution >= 4 is 22.4 Å². The number of aromatic nitrogens is 3. The van der Waals surface area contributed by atoms with Crippen molar-refractivity contribution in [3.63, 3.8) is 0 Å². The lowest BCUT2D eigenvalue weighted by atomic mass is 10.1. The highest BCUT2D eigenvalue weighted by atomic mass is 32.1. The van der Waals surface area contributed by atoms with E-state index in [1.165, 1.54) is 5.52 Å². The van der Waals surface area contributed by atoms with Crippen LogP contribution in [0.2, 0.25) is 0 Å². The van der Waals surface area contributed by atoms with Gasteiger partial charge in [0.2, 0.25) is 0 Å². The molecule has 0 bridgehead atoms. The van der Waals surface area contributed by atoms with E-state index in [4.69, 9.17) is 4.98 Å². The molecule has 0 saturated heterocycles. The summed E-state index contributed by atoms with van der Waals surface area (Å²) in [6.07, 6.45) is 0.838. The lowest BCUT2D eigenvalue weighted by Gasteiger charge is -2.13. The molecule has 0 spiro atoms. The average molecular weight is 286 g/mol. The number of likely N-dealkylation sites (N-methyl/N-ethyl adjacent to an activating group) is 1. The Labute approximate surface area is 122 Å². The van der Waals surface area contributed by atoms with Gasteiger partial charge in [-0.05, 0) is 26.1 Å². The molecule has 2 heterocycles. The van der Waals surface area contributed by atoms with Gasteiger partial charge in [-0.2, -0.15) is 0 Å². The molecule has 0 radical (unpaired) electrons. The largest absolute Gasteiger partial charge is 0.331 e. The molecule has 2 aromatic heterocycles. The molecule has 1 N–H and O–H groups in total. The minimum absolute atomic E-state index is 0.204. The molecule has 20 heavy (non-hydrogen) atoms. The van der Waals surface area contributed by atoms with Crippen LogP contribution in [0.4, 0.5) is 0 Å². The highest BCUT2D eigenvalue weighted by Crippen LogP contribution is 2.22. The van der Waals surface area contributed by atoms with Crippen LogP contribution in [0.25, 0.3) is 11.0 Å². The topological polar surface area (TPSA) is 42.7 Å². The molecule has 5 heteroatoms. The van der Waals surface area contributed by atoms with Crippen molar-refractivity contribution in [1.82, 2.24) is 19.9 Å². The van der Waals surface area contributed by atoms with Crippen LogP contribution in [0.5, 0.6) is 0 Å². The lowest BCUT2D eigenvalue weighted by molar-refractivity contribution is 0.554. The van der Waals surface area contributed by atoms with Gasteiger partial charge >= 0.3 is 0 Å². The number of nitrogens with one attached hydrogen (secondary N) is 1. The van der Waals surface area contributed by atoms with Crippen LogP contribution in [0.3, 0.4) is 0 Å². The maximum atomic E-state index is 4.73. The summed E-state index contributed by atoms with van der Waals surface area (Å²) < 4.78 is 2.17. The molecule has 3 aromatic rings. The third kappa shape index (κ3) is 2.34. The smallest absolute Gasteiger partial charge is 0.111 e. The summed E-state index contributed by atoms with van der Waals surface area (Å²) in [5.74, 6) is 1.08. The van der Waals surface area contributed by atoms with E-state index in [1.54, 1.807) is 11.3 Å². The van der Waals surface area contributed by atoms with Crippen molar-refractivity contribution < 1.29 is 0 Å². The summed E-state index contributed by atoms with van der Waals surface area (Å²) in [7, 11) is 4.05. The Morgan fingerprint density at radius 1 is 1.30 bits per heavy atom. The molecule has 0 aliphatic rings. The predicted octanol–water partition coefficient (Wildman–Crippen LogP) is 2.84. The van der Waals surface area contributed by atoms with E-state index < -0.39 is 0 Å². The van der Waals surface area contributed by atoms with E-state index >= 15 is 0 Å². The van der Waals surface area contributed by atoms with Crippen molar-refractivity contribution in [3.8, 4) is 0 Å². The Morgan fingerprint density at radius 3 is 2.75 bits per heavy atom. The molecule has 0 aliphatic carbocycles. The molecule has 0 aliphatic heterocycles. The average Bonchev–Trinajstić information content (AvgIpc) is 3.01. The predicted molar refractivity (Wildman–Crippen MR) is 83.1 cm³/mol. The number of aryl methyl sites for hydroxylation is 2. The Hall–Kier alpha value is -1.72. The summed E-state index contributed by atoms with van der Waals surface area (Å²) >= 11 is 1.69. The van der Waals surface area contributed by atoms with Crippen molar-refractivity contribution in [2.75, 3.05) is 7.05 Å². The van der Waals surface area contributed by atoms with Gasteiger partial charge in [0.15, 0.2) is 0 Å². The van der Waals surface area contributed by atoms with Gasteiger partial charge in [0.05, 0.1) is 27.8 Å². The fourth-order valence-corrected chi connectivity index (χ4v) is 3.12. The van der Waals surface area contributed by atoms with Gasteiger partial charge in [-0.1, -0.05) is 12.1 Å². The monoisotopic (exact) mass is 286 g/mol. The van der Waals surface area contributed by atoms with E-state index in [1.807, 2.05) is 26.1 Å². The van der Waals surface area contributed by atoms with E-state index in [2.05, 4.69) is 39.4 Å².